The van der Waals surface area contributed by atoms with Crippen molar-refractivity contribution in [2.45, 2.75) is 38.5 Å². The first kappa shape index (κ1) is 17.9. The van der Waals surface area contributed by atoms with Crippen LogP contribution in [-0.2, 0) is 9.53 Å². The van der Waals surface area contributed by atoms with Crippen molar-refractivity contribution < 1.29 is 19.2 Å². The number of esters is 1. The molecule has 1 aromatic carbocycles. The van der Waals surface area contributed by atoms with Crippen LogP contribution in [0.3, 0.4) is 0 Å². The summed E-state index contributed by atoms with van der Waals surface area (Å²) in [4.78, 5) is 33.6. The van der Waals surface area contributed by atoms with E-state index in [2.05, 4.69) is 5.32 Å². The Morgan fingerprint density at radius 1 is 1.17 bits per heavy atom. The van der Waals surface area contributed by atoms with E-state index in [0.29, 0.717) is 18.1 Å². The quantitative estimate of drug-likeness (QED) is 0.469. The van der Waals surface area contributed by atoms with Crippen LogP contribution in [0.2, 0.25) is 0 Å². The summed E-state index contributed by atoms with van der Waals surface area (Å²) >= 11 is 0. The van der Waals surface area contributed by atoms with Gasteiger partial charge in [-0.3, -0.25) is 19.7 Å². The summed E-state index contributed by atoms with van der Waals surface area (Å²) in [6, 6.07) is 5.31. The van der Waals surface area contributed by atoms with E-state index in [1.54, 1.807) is 0 Å². The third kappa shape index (κ3) is 5.64. The zero-order valence-corrected chi connectivity index (χ0v) is 13.5. The molecule has 1 aliphatic rings. The highest BCUT2D eigenvalue weighted by Gasteiger charge is 2.15. The number of non-ortho nitro benzene ring substituents is 1. The number of benzene rings is 1. The summed E-state index contributed by atoms with van der Waals surface area (Å²) in [5.41, 5.74) is 0.244. The van der Waals surface area contributed by atoms with Crippen molar-refractivity contribution in [2.24, 2.45) is 5.92 Å². The van der Waals surface area contributed by atoms with Crippen molar-refractivity contribution in [1.82, 2.24) is 5.32 Å². The summed E-state index contributed by atoms with van der Waals surface area (Å²) in [7, 11) is 0. The normalized spacial score (nSPS) is 14.8. The molecule has 0 aromatic heterocycles. The molecule has 0 atom stereocenters. The molecule has 1 aliphatic carbocycles. The van der Waals surface area contributed by atoms with Crippen molar-refractivity contribution in [3.8, 4) is 0 Å². The Morgan fingerprint density at radius 2 is 1.83 bits per heavy atom. The van der Waals surface area contributed by atoms with Crippen LogP contribution >= 0.6 is 0 Å². The Hall–Kier alpha value is -2.44. The minimum Gasteiger partial charge on any atom is -0.465 e. The van der Waals surface area contributed by atoms with Gasteiger partial charge in [0.15, 0.2) is 0 Å². The molecule has 0 aliphatic heterocycles. The van der Waals surface area contributed by atoms with Crippen molar-refractivity contribution in [2.75, 3.05) is 13.2 Å². The lowest BCUT2D eigenvalue weighted by Crippen LogP contribution is -2.27. The van der Waals surface area contributed by atoms with Gasteiger partial charge in [0.2, 0.25) is 0 Å². The van der Waals surface area contributed by atoms with E-state index in [0.717, 1.165) is 12.8 Å². The molecule has 1 saturated carbocycles. The number of nitrogens with one attached hydrogen (secondary N) is 1. The molecule has 24 heavy (non-hydrogen) atoms. The number of carbonyl (C=O) groups excluding carboxylic acids is 2. The highest BCUT2D eigenvalue weighted by atomic mass is 16.6. The van der Waals surface area contributed by atoms with E-state index in [1.807, 2.05) is 0 Å². The molecule has 7 heteroatoms. The maximum Gasteiger partial charge on any atom is 0.307 e. The molecule has 0 radical (unpaired) electrons. The van der Waals surface area contributed by atoms with E-state index in [9.17, 15) is 19.7 Å². The first-order chi connectivity index (χ1) is 11.6. The van der Waals surface area contributed by atoms with Crippen molar-refractivity contribution in [3.05, 3.63) is 39.9 Å². The number of hydrogen-bond acceptors (Lipinski definition) is 5. The zero-order valence-electron chi connectivity index (χ0n) is 13.5. The lowest BCUT2D eigenvalue weighted by atomic mass is 9.90. The van der Waals surface area contributed by atoms with E-state index in [1.165, 1.54) is 43.5 Å². The molecule has 0 unspecified atom stereocenters. The molecule has 0 bridgehead atoms. The second kappa shape index (κ2) is 9.00. The Labute approximate surface area is 140 Å². The standard InChI is InChI=1S/C17H22N2O5/c20-16(24-12-13-4-2-1-3-5-13)10-11-18-17(21)14-6-8-15(9-7-14)19(22)23/h6-9,13H,1-5,10-12H2,(H,18,21). The highest BCUT2D eigenvalue weighted by Crippen LogP contribution is 2.23. The van der Waals surface area contributed by atoms with Crippen molar-refractivity contribution in [3.63, 3.8) is 0 Å². The average Bonchev–Trinajstić information content (AvgIpc) is 2.61. The van der Waals surface area contributed by atoms with Crippen LogP contribution in [0.4, 0.5) is 5.69 Å². The molecule has 130 valence electrons. The predicted molar refractivity (Wildman–Crippen MR) is 87.6 cm³/mol. The fourth-order valence-electron chi connectivity index (χ4n) is 2.75. The van der Waals surface area contributed by atoms with Crippen LogP contribution < -0.4 is 5.32 Å². The number of rotatable bonds is 7. The Kier molecular flexibility index (Phi) is 6.72. The second-order valence-corrected chi connectivity index (χ2v) is 6.00. The zero-order chi connectivity index (χ0) is 17.4. The highest BCUT2D eigenvalue weighted by molar-refractivity contribution is 5.94. The summed E-state index contributed by atoms with van der Waals surface area (Å²) in [6.45, 7) is 0.647. The lowest BCUT2D eigenvalue weighted by molar-refractivity contribution is -0.384. The van der Waals surface area contributed by atoms with Crippen LogP contribution in [0.1, 0.15) is 48.9 Å². The maximum atomic E-state index is 11.9. The molecule has 0 spiro atoms. The van der Waals surface area contributed by atoms with Crippen molar-refractivity contribution >= 4 is 17.6 Å². The Balaban J connectivity index is 1.66. The number of nitro groups is 1. The molecule has 0 heterocycles. The molecule has 1 aromatic rings. The van der Waals surface area contributed by atoms with Crippen LogP contribution in [0, 0.1) is 16.0 Å². The van der Waals surface area contributed by atoms with Gasteiger partial charge in [0.25, 0.3) is 11.6 Å². The molecule has 1 amide bonds. The van der Waals surface area contributed by atoms with Gasteiger partial charge in [-0.05, 0) is 30.9 Å². The van der Waals surface area contributed by atoms with Crippen LogP contribution in [0.15, 0.2) is 24.3 Å². The molecule has 1 fully saturated rings. The van der Waals surface area contributed by atoms with Gasteiger partial charge in [0.05, 0.1) is 18.0 Å². The summed E-state index contributed by atoms with van der Waals surface area (Å²) < 4.78 is 5.25. The minimum atomic E-state index is -0.524. The number of ether oxygens (including phenoxy) is 1. The van der Waals surface area contributed by atoms with Gasteiger partial charge in [-0.2, -0.15) is 0 Å². The molecule has 7 nitrogen and oxygen atoms in total. The third-order valence-electron chi connectivity index (χ3n) is 4.16. The molecular weight excluding hydrogens is 312 g/mol. The first-order valence-corrected chi connectivity index (χ1v) is 8.24. The number of amides is 1. The van der Waals surface area contributed by atoms with E-state index in [-0.39, 0.29) is 30.5 Å². The van der Waals surface area contributed by atoms with Crippen LogP contribution in [0.25, 0.3) is 0 Å². The lowest BCUT2D eigenvalue weighted by Gasteiger charge is -2.21. The van der Waals surface area contributed by atoms with Gasteiger partial charge in [-0.25, -0.2) is 0 Å². The smallest absolute Gasteiger partial charge is 0.307 e. The van der Waals surface area contributed by atoms with Gasteiger partial charge >= 0.3 is 5.97 Å². The number of hydrogen-bond donors (Lipinski definition) is 1. The molecule has 2 rings (SSSR count). The van der Waals surface area contributed by atoms with Gasteiger partial charge in [-0.1, -0.05) is 19.3 Å². The van der Waals surface area contributed by atoms with Crippen LogP contribution in [-0.4, -0.2) is 30.0 Å². The number of nitro benzene ring substituents is 1. The van der Waals surface area contributed by atoms with Crippen molar-refractivity contribution in [1.29, 1.82) is 0 Å². The Bertz CT molecular complexity index is 579. The van der Waals surface area contributed by atoms with Gasteiger partial charge in [0.1, 0.15) is 0 Å². The van der Waals surface area contributed by atoms with E-state index < -0.39 is 4.92 Å². The summed E-state index contributed by atoms with van der Waals surface area (Å²) in [5, 5.41) is 13.2. The second-order valence-electron chi connectivity index (χ2n) is 6.00. The monoisotopic (exact) mass is 334 g/mol. The SMILES string of the molecule is O=C(CCNC(=O)c1ccc([N+](=O)[O-])cc1)OCC1CCCCC1. The largest absolute Gasteiger partial charge is 0.465 e. The molecule has 0 saturated heterocycles. The van der Waals surface area contributed by atoms with Gasteiger partial charge in [-0.15, -0.1) is 0 Å². The van der Waals surface area contributed by atoms with E-state index in [4.69, 9.17) is 4.74 Å². The molecular formula is C17H22N2O5. The number of carbonyl (C=O) groups is 2. The van der Waals surface area contributed by atoms with E-state index >= 15 is 0 Å². The summed E-state index contributed by atoms with van der Waals surface area (Å²) in [6.07, 6.45) is 6.01. The Morgan fingerprint density at radius 3 is 2.46 bits per heavy atom. The average molecular weight is 334 g/mol. The topological polar surface area (TPSA) is 98.5 Å². The maximum absolute atomic E-state index is 11.9. The van der Waals surface area contributed by atoms with Gasteiger partial charge in [0, 0.05) is 24.2 Å². The van der Waals surface area contributed by atoms with Crippen LogP contribution in [0.5, 0.6) is 0 Å². The predicted octanol–water partition coefficient (Wildman–Crippen LogP) is 2.84. The summed E-state index contributed by atoms with van der Waals surface area (Å²) in [5.74, 6) is -0.216. The molecule has 1 N–H and O–H groups in total. The first-order valence-electron chi connectivity index (χ1n) is 8.24. The fraction of sp³-hybridized carbons (Fsp3) is 0.529. The third-order valence-corrected chi connectivity index (χ3v) is 4.16. The minimum absolute atomic E-state index is 0.0714. The van der Waals surface area contributed by atoms with Gasteiger partial charge < -0.3 is 10.1 Å². The fourth-order valence-corrected chi connectivity index (χ4v) is 2.75. The number of nitrogens with zero attached hydrogens (tertiary/aromatic N) is 1.